The van der Waals surface area contributed by atoms with E-state index in [1.165, 1.54) is 52.7 Å². The molecule has 0 aliphatic carbocycles. The summed E-state index contributed by atoms with van der Waals surface area (Å²) >= 11 is 0. The van der Waals surface area contributed by atoms with Crippen LogP contribution in [-0.2, 0) is 19.2 Å². The number of benzene rings is 2. The van der Waals surface area contributed by atoms with E-state index in [4.69, 9.17) is 18.9 Å². The summed E-state index contributed by atoms with van der Waals surface area (Å²) in [5.74, 6) is -10.1. The molecule has 0 amide bonds. The van der Waals surface area contributed by atoms with Crippen LogP contribution in [0, 0.1) is 0 Å². The lowest BCUT2D eigenvalue weighted by Crippen LogP contribution is -2.71. The van der Waals surface area contributed by atoms with E-state index in [2.05, 4.69) is 0 Å². The summed E-state index contributed by atoms with van der Waals surface area (Å²) in [6, 6.07) is 4.77. The van der Waals surface area contributed by atoms with Gasteiger partial charge in [-0.2, -0.15) is 0 Å². The average molecular weight is 562 g/mol. The summed E-state index contributed by atoms with van der Waals surface area (Å²) in [5, 5.41) is 60.9. The number of carboxylic acid groups (broad SMARTS) is 2. The number of carbonyl (C=O) groups is 4. The maximum atomic E-state index is 12.9. The Morgan fingerprint density at radius 2 is 0.850 bits per heavy atom. The van der Waals surface area contributed by atoms with Crippen molar-refractivity contribution < 1.29 is 68.8 Å². The molecule has 14 nitrogen and oxygen atoms in total. The Labute approximate surface area is 226 Å². The number of phenols is 2. The van der Waals surface area contributed by atoms with Crippen LogP contribution in [0.3, 0.4) is 0 Å². The standard InChI is InChI=1S/C26H26O14/c1-37-15-9-13(10-16(38-2)21(15)29)5-7-19(27)25(35,23(31)32)26(36,24(33)34)20(28)8-6-14-11-17(39-3)22(30)18(12-14)40-4/h5-12,29-30,35-36H,1-4H3,(H,31,32)(H,33,34)/b7-5+,8-6+. The molecule has 0 aliphatic heterocycles. The van der Waals surface area contributed by atoms with Gasteiger partial charge in [0.25, 0.3) is 11.2 Å². The zero-order valence-electron chi connectivity index (χ0n) is 21.6. The van der Waals surface area contributed by atoms with Crippen molar-refractivity contribution in [3.05, 3.63) is 47.5 Å². The first kappa shape index (κ1) is 31.1. The molecule has 2 rings (SSSR count). The van der Waals surface area contributed by atoms with E-state index in [0.29, 0.717) is 12.2 Å². The van der Waals surface area contributed by atoms with Crippen molar-refractivity contribution in [3.8, 4) is 34.5 Å². The molecule has 2 unspecified atom stereocenters. The molecule has 0 saturated heterocycles. The zero-order chi connectivity index (χ0) is 30.4. The van der Waals surface area contributed by atoms with Gasteiger partial charge in [-0.1, -0.05) is 12.2 Å². The Morgan fingerprint density at radius 1 is 0.600 bits per heavy atom. The van der Waals surface area contributed by atoms with Crippen molar-refractivity contribution in [1.82, 2.24) is 0 Å². The van der Waals surface area contributed by atoms with Gasteiger partial charge in [0.15, 0.2) is 23.0 Å². The van der Waals surface area contributed by atoms with E-state index in [1.54, 1.807) is 0 Å². The first-order chi connectivity index (χ1) is 18.7. The summed E-state index contributed by atoms with van der Waals surface area (Å²) in [4.78, 5) is 49.8. The third kappa shape index (κ3) is 5.52. The van der Waals surface area contributed by atoms with Crippen LogP contribution >= 0.6 is 0 Å². The number of ether oxygens (including phenoxy) is 4. The predicted molar refractivity (Wildman–Crippen MR) is 136 cm³/mol. The number of carboxylic acids is 2. The number of hydrogen-bond donors (Lipinski definition) is 6. The van der Waals surface area contributed by atoms with Gasteiger partial charge < -0.3 is 49.6 Å². The molecule has 40 heavy (non-hydrogen) atoms. The fourth-order valence-corrected chi connectivity index (χ4v) is 3.48. The second-order valence-electron chi connectivity index (χ2n) is 7.97. The summed E-state index contributed by atoms with van der Waals surface area (Å²) in [7, 11) is 4.86. The molecule has 0 saturated carbocycles. The van der Waals surface area contributed by atoms with Crippen LogP contribution in [0.4, 0.5) is 0 Å². The second-order valence-corrected chi connectivity index (χ2v) is 7.97. The molecule has 0 aliphatic rings. The van der Waals surface area contributed by atoms with Crippen LogP contribution in [-0.4, -0.2) is 93.8 Å². The highest BCUT2D eigenvalue weighted by molar-refractivity contribution is 6.27. The van der Waals surface area contributed by atoms with E-state index in [0.717, 1.165) is 12.2 Å². The average Bonchev–Trinajstić information content (AvgIpc) is 2.94. The molecule has 14 heteroatoms. The van der Waals surface area contributed by atoms with E-state index >= 15 is 0 Å². The molecular formula is C26H26O14. The minimum absolute atomic E-state index is 0.0629. The predicted octanol–water partition coefficient (Wildman–Crippen LogP) is 0.628. The summed E-state index contributed by atoms with van der Waals surface area (Å²) < 4.78 is 19.9. The number of aromatic hydroxyl groups is 2. The number of phenolic OH excluding ortho intramolecular Hbond substituents is 2. The SMILES string of the molecule is COc1cc(/C=C/C(=O)C(O)(C(=O)O)C(O)(C(=O)O)C(=O)/C=C/c2cc(OC)c(O)c(OC)c2)cc(OC)c1O. The normalized spacial score (nSPS) is 14.2. The molecule has 0 spiro atoms. The zero-order valence-corrected chi connectivity index (χ0v) is 21.6. The van der Waals surface area contributed by atoms with Crippen LogP contribution in [0.2, 0.25) is 0 Å². The number of hydrogen-bond acceptors (Lipinski definition) is 12. The monoisotopic (exact) mass is 562 g/mol. The Kier molecular flexibility index (Phi) is 9.49. The van der Waals surface area contributed by atoms with Crippen molar-refractivity contribution in [1.29, 1.82) is 0 Å². The molecule has 0 aromatic heterocycles. The van der Waals surface area contributed by atoms with E-state index in [9.17, 15) is 49.8 Å². The van der Waals surface area contributed by atoms with Crippen molar-refractivity contribution in [3.63, 3.8) is 0 Å². The second kappa shape index (κ2) is 12.2. The summed E-state index contributed by atoms with van der Waals surface area (Å²) in [6.07, 6.45) is 2.64. The largest absolute Gasteiger partial charge is 0.502 e. The van der Waals surface area contributed by atoms with Gasteiger partial charge in [-0.25, -0.2) is 9.59 Å². The van der Waals surface area contributed by atoms with Crippen LogP contribution in [0.25, 0.3) is 12.2 Å². The molecular weight excluding hydrogens is 536 g/mol. The quantitative estimate of drug-likeness (QED) is 0.145. The number of carbonyl (C=O) groups excluding carboxylic acids is 2. The van der Waals surface area contributed by atoms with Crippen molar-refractivity contribution in [2.24, 2.45) is 0 Å². The lowest BCUT2D eigenvalue weighted by Gasteiger charge is -2.33. The minimum Gasteiger partial charge on any atom is -0.502 e. The summed E-state index contributed by atoms with van der Waals surface area (Å²) in [6.45, 7) is 0. The lowest BCUT2D eigenvalue weighted by atomic mass is 9.76. The number of aliphatic hydroxyl groups is 2. The van der Waals surface area contributed by atoms with Crippen LogP contribution < -0.4 is 18.9 Å². The number of methoxy groups -OCH3 is 4. The highest BCUT2D eigenvalue weighted by atomic mass is 16.5. The van der Waals surface area contributed by atoms with E-state index < -0.39 is 46.2 Å². The van der Waals surface area contributed by atoms with E-state index in [1.807, 2.05) is 0 Å². The molecule has 0 fully saturated rings. The van der Waals surface area contributed by atoms with Gasteiger partial charge in [-0.15, -0.1) is 0 Å². The number of ketones is 2. The van der Waals surface area contributed by atoms with E-state index in [-0.39, 0.29) is 34.1 Å². The molecule has 2 aromatic carbocycles. The van der Waals surface area contributed by atoms with Crippen molar-refractivity contribution >= 4 is 35.7 Å². The first-order valence-electron chi connectivity index (χ1n) is 11.0. The Hall–Kier alpha value is -5.08. The Bertz CT molecular complexity index is 1240. The fourth-order valence-electron chi connectivity index (χ4n) is 3.48. The molecule has 2 atom stereocenters. The molecule has 2 aromatic rings. The van der Waals surface area contributed by atoms with Gasteiger partial charge in [-0.3, -0.25) is 9.59 Å². The van der Waals surface area contributed by atoms with Gasteiger partial charge in [0.1, 0.15) is 0 Å². The van der Waals surface area contributed by atoms with Crippen LogP contribution in [0.15, 0.2) is 36.4 Å². The molecule has 0 radical (unpaired) electrons. The highest BCUT2D eigenvalue weighted by Gasteiger charge is 2.68. The summed E-state index contributed by atoms with van der Waals surface area (Å²) in [5.41, 5.74) is -8.28. The van der Waals surface area contributed by atoms with Gasteiger partial charge in [0.05, 0.1) is 28.4 Å². The highest BCUT2D eigenvalue weighted by Crippen LogP contribution is 2.39. The van der Waals surface area contributed by atoms with Gasteiger partial charge in [0.2, 0.25) is 23.1 Å². The molecule has 214 valence electrons. The third-order valence-corrected chi connectivity index (χ3v) is 5.71. The van der Waals surface area contributed by atoms with Crippen LogP contribution in [0.1, 0.15) is 11.1 Å². The Balaban J connectivity index is 2.56. The van der Waals surface area contributed by atoms with Crippen molar-refractivity contribution in [2.75, 3.05) is 28.4 Å². The lowest BCUT2D eigenvalue weighted by molar-refractivity contribution is -0.204. The molecule has 0 heterocycles. The maximum absolute atomic E-state index is 12.9. The molecule has 0 bridgehead atoms. The number of aliphatic carboxylic acids is 2. The first-order valence-corrected chi connectivity index (χ1v) is 11.0. The molecule has 6 N–H and O–H groups in total. The van der Waals surface area contributed by atoms with Crippen LogP contribution in [0.5, 0.6) is 34.5 Å². The smallest absolute Gasteiger partial charge is 0.348 e. The van der Waals surface area contributed by atoms with Gasteiger partial charge in [0, 0.05) is 0 Å². The minimum atomic E-state index is -4.20. The maximum Gasteiger partial charge on any atom is 0.348 e. The van der Waals surface area contributed by atoms with Gasteiger partial charge in [-0.05, 0) is 47.5 Å². The topological polar surface area (TPSA) is 227 Å². The van der Waals surface area contributed by atoms with Crippen molar-refractivity contribution in [2.45, 2.75) is 11.2 Å². The third-order valence-electron chi connectivity index (χ3n) is 5.71. The number of rotatable bonds is 13. The fraction of sp³-hybridized carbons (Fsp3) is 0.231. The van der Waals surface area contributed by atoms with Gasteiger partial charge >= 0.3 is 11.9 Å². The Morgan fingerprint density at radius 3 is 1.05 bits per heavy atom.